The van der Waals surface area contributed by atoms with Crippen LogP contribution in [0.5, 0.6) is 23.0 Å². The van der Waals surface area contributed by atoms with Crippen LogP contribution in [-0.4, -0.2) is 41.5 Å². The fraction of sp³-hybridized carbons (Fsp3) is 0.297. The molecule has 0 spiro atoms. The van der Waals surface area contributed by atoms with Crippen LogP contribution in [-0.2, 0) is 31.0 Å². The number of carbonyl (C=O) groups is 1. The maximum Gasteiger partial charge on any atom is 0.326 e. The molecule has 1 unspecified atom stereocenters. The van der Waals surface area contributed by atoms with E-state index in [9.17, 15) is 20.3 Å². The van der Waals surface area contributed by atoms with Crippen molar-refractivity contribution >= 4 is 5.97 Å². The maximum atomic E-state index is 11.8. The first-order valence-corrected chi connectivity index (χ1v) is 15.2. The SMILES string of the molecule is CCc1cc(CNC(C)(CO)C(=O)O)c(OCc2cccc(C#N)c2)cc1OCc1cccc(-c2ccc3c(c2)OCCO3)c1C. The fourth-order valence-electron chi connectivity index (χ4n) is 5.24. The molecule has 1 aliphatic heterocycles. The summed E-state index contributed by atoms with van der Waals surface area (Å²) in [6.07, 6.45) is 0.666. The van der Waals surface area contributed by atoms with Crippen LogP contribution < -0.4 is 24.3 Å². The van der Waals surface area contributed by atoms with Gasteiger partial charge in [-0.1, -0.05) is 43.3 Å². The molecule has 1 atom stereocenters. The summed E-state index contributed by atoms with van der Waals surface area (Å²) in [7, 11) is 0. The zero-order chi connectivity index (χ0) is 32.7. The minimum atomic E-state index is -1.53. The van der Waals surface area contributed by atoms with E-state index in [1.165, 1.54) is 6.92 Å². The number of hydrogen-bond acceptors (Lipinski definition) is 8. The third-order valence-corrected chi connectivity index (χ3v) is 8.21. The van der Waals surface area contributed by atoms with Crippen molar-refractivity contribution in [1.29, 1.82) is 5.26 Å². The minimum absolute atomic E-state index is 0.140. The first kappa shape index (κ1) is 32.4. The zero-order valence-electron chi connectivity index (χ0n) is 26.3. The molecule has 0 bridgehead atoms. The highest BCUT2D eigenvalue weighted by Crippen LogP contribution is 2.37. The molecule has 1 heterocycles. The topological polar surface area (TPSA) is 130 Å². The number of aliphatic hydroxyl groups excluding tert-OH is 1. The average molecular weight is 623 g/mol. The molecular formula is C37H38N2O7. The van der Waals surface area contributed by atoms with Gasteiger partial charge in [0.15, 0.2) is 11.5 Å². The Morgan fingerprint density at radius 2 is 1.67 bits per heavy atom. The Hall–Kier alpha value is -5.04. The molecule has 0 saturated heterocycles. The molecule has 5 rings (SSSR count). The number of nitrogens with one attached hydrogen (secondary N) is 1. The molecule has 4 aromatic carbocycles. The van der Waals surface area contributed by atoms with Crippen LogP contribution >= 0.6 is 0 Å². The maximum absolute atomic E-state index is 11.8. The normalized spacial score (nSPS) is 13.4. The van der Waals surface area contributed by atoms with Crippen molar-refractivity contribution in [3.63, 3.8) is 0 Å². The van der Waals surface area contributed by atoms with Crippen molar-refractivity contribution < 1.29 is 34.0 Å². The predicted octanol–water partition coefficient (Wildman–Crippen LogP) is 5.95. The monoisotopic (exact) mass is 622 g/mol. The number of fused-ring (bicyclic) bond motifs is 1. The lowest BCUT2D eigenvalue weighted by atomic mass is 9.96. The number of nitrogens with zero attached hydrogens (tertiary/aromatic N) is 1. The van der Waals surface area contributed by atoms with Gasteiger partial charge in [0.05, 0.1) is 18.2 Å². The molecule has 46 heavy (non-hydrogen) atoms. The van der Waals surface area contributed by atoms with E-state index in [4.69, 9.17) is 18.9 Å². The van der Waals surface area contributed by atoms with E-state index in [1.807, 2.05) is 55.5 Å². The minimum Gasteiger partial charge on any atom is -0.488 e. The van der Waals surface area contributed by atoms with Crippen molar-refractivity contribution in [2.24, 2.45) is 0 Å². The van der Waals surface area contributed by atoms with Gasteiger partial charge in [-0.25, -0.2) is 0 Å². The molecule has 3 N–H and O–H groups in total. The van der Waals surface area contributed by atoms with E-state index in [-0.39, 0.29) is 13.2 Å². The van der Waals surface area contributed by atoms with Crippen molar-refractivity contribution in [1.82, 2.24) is 5.32 Å². The second kappa shape index (κ2) is 14.4. The smallest absolute Gasteiger partial charge is 0.326 e. The summed E-state index contributed by atoms with van der Waals surface area (Å²) < 4.78 is 24.2. The van der Waals surface area contributed by atoms with Gasteiger partial charge in [-0.05, 0) is 84.0 Å². The summed E-state index contributed by atoms with van der Waals surface area (Å²) in [6, 6.07) is 25.2. The van der Waals surface area contributed by atoms with Crippen molar-refractivity contribution in [2.45, 2.75) is 52.5 Å². The summed E-state index contributed by atoms with van der Waals surface area (Å²) in [5, 5.41) is 31.7. The van der Waals surface area contributed by atoms with Crippen molar-refractivity contribution in [2.75, 3.05) is 19.8 Å². The average Bonchev–Trinajstić information content (AvgIpc) is 3.09. The summed E-state index contributed by atoms with van der Waals surface area (Å²) >= 11 is 0. The number of carboxylic acid groups (broad SMARTS) is 1. The van der Waals surface area contributed by atoms with Crippen LogP contribution in [0.15, 0.2) is 72.8 Å². The molecule has 0 aliphatic carbocycles. The Labute approximate surface area is 268 Å². The Morgan fingerprint density at radius 1 is 0.935 bits per heavy atom. The lowest BCUT2D eigenvalue weighted by Gasteiger charge is -2.25. The molecule has 0 aromatic heterocycles. The molecule has 0 radical (unpaired) electrons. The largest absolute Gasteiger partial charge is 0.488 e. The number of ether oxygens (including phenoxy) is 4. The second-order valence-electron chi connectivity index (χ2n) is 11.4. The number of hydrogen-bond donors (Lipinski definition) is 3. The molecule has 9 heteroatoms. The summed E-state index contributed by atoms with van der Waals surface area (Å²) in [5.41, 5.74) is 5.68. The molecular weight excluding hydrogens is 584 g/mol. The van der Waals surface area contributed by atoms with E-state index in [2.05, 4.69) is 24.4 Å². The summed E-state index contributed by atoms with van der Waals surface area (Å²) in [6.45, 7) is 6.67. The summed E-state index contributed by atoms with van der Waals surface area (Å²) in [4.78, 5) is 11.8. The number of nitriles is 1. The molecule has 1 aliphatic rings. The number of carboxylic acids is 1. The van der Waals surface area contributed by atoms with Gasteiger partial charge in [0.2, 0.25) is 0 Å². The Kier molecular flexibility index (Phi) is 10.1. The summed E-state index contributed by atoms with van der Waals surface area (Å²) in [5.74, 6) is 1.49. The van der Waals surface area contributed by atoms with Gasteiger partial charge >= 0.3 is 5.97 Å². The Morgan fingerprint density at radius 3 is 2.41 bits per heavy atom. The van der Waals surface area contributed by atoms with E-state index in [0.717, 1.165) is 50.4 Å². The first-order valence-electron chi connectivity index (χ1n) is 15.2. The van der Waals surface area contributed by atoms with Gasteiger partial charge in [-0.3, -0.25) is 10.1 Å². The number of aliphatic carboxylic acids is 1. The van der Waals surface area contributed by atoms with Crippen LogP contribution in [0.25, 0.3) is 11.1 Å². The standard InChI is InChI=1S/C37H38N2O7/c1-4-27-16-30(20-39-37(3,23-40)36(41)42)34(45-21-26-8-5-7-25(15-26)19-38)18-33(27)46-22-29-9-6-10-31(24(29)2)28-11-12-32-35(17-28)44-14-13-43-32/h5-12,15-18,39-40H,4,13-14,20-23H2,1-3H3,(H,41,42). The molecule has 0 saturated carbocycles. The number of rotatable bonds is 13. The van der Waals surface area contributed by atoms with Crippen LogP contribution in [0, 0.1) is 18.3 Å². The van der Waals surface area contributed by atoms with Crippen molar-refractivity contribution in [3.8, 4) is 40.2 Å². The van der Waals surface area contributed by atoms with E-state index in [0.29, 0.717) is 43.3 Å². The third-order valence-electron chi connectivity index (χ3n) is 8.21. The number of benzene rings is 4. The fourth-order valence-corrected chi connectivity index (χ4v) is 5.24. The van der Waals surface area contributed by atoms with Gasteiger partial charge in [0.25, 0.3) is 0 Å². The molecule has 9 nitrogen and oxygen atoms in total. The van der Waals surface area contributed by atoms with E-state index in [1.54, 1.807) is 18.2 Å². The van der Waals surface area contributed by atoms with Gasteiger partial charge in [-0.2, -0.15) is 5.26 Å². The predicted molar refractivity (Wildman–Crippen MR) is 173 cm³/mol. The zero-order valence-corrected chi connectivity index (χ0v) is 26.3. The van der Waals surface area contributed by atoms with Crippen LogP contribution in [0.1, 0.15) is 47.2 Å². The number of aliphatic hydroxyl groups is 1. The Bertz CT molecular complexity index is 1760. The van der Waals surface area contributed by atoms with Gasteiger partial charge < -0.3 is 29.2 Å². The third kappa shape index (κ3) is 7.26. The Balaban J connectivity index is 1.42. The highest BCUT2D eigenvalue weighted by atomic mass is 16.6. The highest BCUT2D eigenvalue weighted by molar-refractivity contribution is 5.78. The van der Waals surface area contributed by atoms with Gasteiger partial charge in [-0.15, -0.1) is 0 Å². The van der Waals surface area contributed by atoms with E-state index >= 15 is 0 Å². The van der Waals surface area contributed by atoms with Gasteiger partial charge in [0, 0.05) is 18.2 Å². The highest BCUT2D eigenvalue weighted by Gasteiger charge is 2.32. The van der Waals surface area contributed by atoms with Crippen LogP contribution in [0.4, 0.5) is 0 Å². The number of aryl methyl sites for hydroxylation is 1. The lowest BCUT2D eigenvalue weighted by molar-refractivity contribution is -0.145. The quantitative estimate of drug-likeness (QED) is 0.166. The van der Waals surface area contributed by atoms with Crippen LogP contribution in [0.2, 0.25) is 0 Å². The second-order valence-corrected chi connectivity index (χ2v) is 11.4. The molecule has 4 aromatic rings. The lowest BCUT2D eigenvalue weighted by Crippen LogP contribution is -2.52. The van der Waals surface area contributed by atoms with Crippen LogP contribution in [0.3, 0.4) is 0 Å². The van der Waals surface area contributed by atoms with E-state index < -0.39 is 18.1 Å². The molecule has 238 valence electrons. The molecule has 0 amide bonds. The first-order chi connectivity index (χ1) is 22.2. The van der Waals surface area contributed by atoms with Gasteiger partial charge in [0.1, 0.15) is 43.5 Å². The van der Waals surface area contributed by atoms with Crippen molar-refractivity contribution in [3.05, 3.63) is 106 Å². The molecule has 0 fully saturated rings.